The van der Waals surface area contributed by atoms with Crippen molar-refractivity contribution in [2.24, 2.45) is 0 Å². The van der Waals surface area contributed by atoms with Crippen molar-refractivity contribution in [3.05, 3.63) is 50.7 Å². The molecule has 2 nitrogen and oxygen atoms in total. The van der Waals surface area contributed by atoms with Crippen molar-refractivity contribution < 1.29 is 4.39 Å². The molecule has 1 unspecified atom stereocenters. The maximum Gasteiger partial charge on any atom is 0.129 e. The van der Waals surface area contributed by atoms with Gasteiger partial charge in [0.25, 0.3) is 0 Å². The van der Waals surface area contributed by atoms with Gasteiger partial charge < -0.3 is 5.32 Å². The zero-order valence-corrected chi connectivity index (χ0v) is 13.2. The van der Waals surface area contributed by atoms with Crippen molar-refractivity contribution in [1.82, 2.24) is 10.3 Å². The zero-order chi connectivity index (χ0) is 14.5. The van der Waals surface area contributed by atoms with E-state index in [0.29, 0.717) is 17.0 Å². The summed E-state index contributed by atoms with van der Waals surface area (Å²) in [6.45, 7) is 4.87. The first-order valence-electron chi connectivity index (χ1n) is 6.70. The first-order chi connectivity index (χ1) is 9.61. The molecule has 0 radical (unpaired) electrons. The van der Waals surface area contributed by atoms with Gasteiger partial charge in [0.15, 0.2) is 0 Å². The van der Waals surface area contributed by atoms with E-state index in [1.807, 2.05) is 12.3 Å². The Morgan fingerprint density at radius 3 is 2.85 bits per heavy atom. The van der Waals surface area contributed by atoms with Crippen molar-refractivity contribution in [2.75, 3.05) is 6.54 Å². The Morgan fingerprint density at radius 2 is 2.25 bits per heavy atom. The van der Waals surface area contributed by atoms with Gasteiger partial charge in [-0.15, -0.1) is 11.3 Å². The maximum absolute atomic E-state index is 14.1. The lowest BCUT2D eigenvalue weighted by Crippen LogP contribution is -2.25. The minimum Gasteiger partial charge on any atom is -0.309 e. The third-order valence-corrected chi connectivity index (χ3v) is 4.22. The molecule has 0 saturated carbocycles. The summed E-state index contributed by atoms with van der Waals surface area (Å²) < 4.78 is 14.1. The number of nitrogens with zero attached hydrogens (tertiary/aromatic N) is 1. The summed E-state index contributed by atoms with van der Waals surface area (Å²) in [5, 5.41) is 6.87. The van der Waals surface area contributed by atoms with Crippen molar-refractivity contribution >= 4 is 22.9 Å². The van der Waals surface area contributed by atoms with E-state index in [0.717, 1.165) is 23.7 Å². The molecule has 5 heteroatoms. The fourth-order valence-electron chi connectivity index (χ4n) is 2.15. The van der Waals surface area contributed by atoms with E-state index in [1.165, 1.54) is 6.07 Å². The van der Waals surface area contributed by atoms with Crippen LogP contribution in [0.25, 0.3) is 0 Å². The van der Waals surface area contributed by atoms with E-state index in [1.54, 1.807) is 23.5 Å². The van der Waals surface area contributed by atoms with Crippen LogP contribution in [0.4, 0.5) is 4.39 Å². The Bertz CT molecular complexity index is 551. The summed E-state index contributed by atoms with van der Waals surface area (Å²) in [5.41, 5.74) is 1.51. The van der Waals surface area contributed by atoms with Crippen LogP contribution in [0.2, 0.25) is 5.02 Å². The SMILES string of the molecule is CCCNC(Cc1csc(C)n1)c1c(F)cccc1Cl. The number of halogens is 2. The molecular formula is C15H18ClFN2S. The van der Waals surface area contributed by atoms with Crippen molar-refractivity contribution in [3.63, 3.8) is 0 Å². The van der Waals surface area contributed by atoms with Gasteiger partial charge in [-0.05, 0) is 32.0 Å². The van der Waals surface area contributed by atoms with Gasteiger partial charge in [0.1, 0.15) is 5.82 Å². The Balaban J connectivity index is 2.27. The Kier molecular flexibility index (Phi) is 5.52. The van der Waals surface area contributed by atoms with E-state index in [2.05, 4.69) is 17.2 Å². The number of rotatable bonds is 6. The van der Waals surface area contributed by atoms with Gasteiger partial charge in [0.05, 0.1) is 10.7 Å². The van der Waals surface area contributed by atoms with Gasteiger partial charge in [-0.1, -0.05) is 24.6 Å². The average molecular weight is 313 g/mol. The van der Waals surface area contributed by atoms with Crippen LogP contribution in [0.3, 0.4) is 0 Å². The molecular weight excluding hydrogens is 295 g/mol. The minimum absolute atomic E-state index is 0.148. The van der Waals surface area contributed by atoms with E-state index in [-0.39, 0.29) is 11.9 Å². The lowest BCUT2D eigenvalue weighted by molar-refractivity contribution is 0.494. The minimum atomic E-state index is -0.266. The highest BCUT2D eigenvalue weighted by Crippen LogP contribution is 2.28. The van der Waals surface area contributed by atoms with Crippen LogP contribution in [0.15, 0.2) is 23.6 Å². The lowest BCUT2D eigenvalue weighted by atomic mass is 10.0. The summed E-state index contributed by atoms with van der Waals surface area (Å²) in [4.78, 5) is 4.46. The second-order valence-corrected chi connectivity index (χ2v) is 6.17. The number of aryl methyl sites for hydroxylation is 1. The molecule has 20 heavy (non-hydrogen) atoms. The second kappa shape index (κ2) is 7.16. The normalized spacial score (nSPS) is 12.6. The smallest absolute Gasteiger partial charge is 0.129 e. The Morgan fingerprint density at radius 1 is 1.45 bits per heavy atom. The molecule has 2 rings (SSSR count). The molecule has 0 aliphatic heterocycles. The van der Waals surface area contributed by atoms with Crippen LogP contribution in [-0.2, 0) is 6.42 Å². The molecule has 0 aliphatic carbocycles. The summed E-state index contributed by atoms with van der Waals surface area (Å²) in [7, 11) is 0. The topological polar surface area (TPSA) is 24.9 Å². The van der Waals surface area contributed by atoms with Crippen molar-refractivity contribution in [3.8, 4) is 0 Å². The van der Waals surface area contributed by atoms with Gasteiger partial charge in [-0.2, -0.15) is 0 Å². The first kappa shape index (κ1) is 15.4. The molecule has 1 aromatic heterocycles. The number of aromatic nitrogens is 1. The third kappa shape index (κ3) is 3.78. The van der Waals surface area contributed by atoms with Crippen LogP contribution >= 0.6 is 22.9 Å². The maximum atomic E-state index is 14.1. The lowest BCUT2D eigenvalue weighted by Gasteiger charge is -2.20. The monoisotopic (exact) mass is 312 g/mol. The zero-order valence-electron chi connectivity index (χ0n) is 11.6. The number of hydrogen-bond donors (Lipinski definition) is 1. The van der Waals surface area contributed by atoms with Gasteiger partial charge in [-0.25, -0.2) is 9.37 Å². The number of nitrogens with one attached hydrogen (secondary N) is 1. The van der Waals surface area contributed by atoms with Gasteiger partial charge in [0, 0.05) is 28.4 Å². The largest absolute Gasteiger partial charge is 0.309 e. The van der Waals surface area contributed by atoms with Crippen LogP contribution < -0.4 is 5.32 Å². The molecule has 1 N–H and O–H groups in total. The van der Waals surface area contributed by atoms with Gasteiger partial charge in [0.2, 0.25) is 0 Å². The van der Waals surface area contributed by atoms with Gasteiger partial charge >= 0.3 is 0 Å². The highest BCUT2D eigenvalue weighted by molar-refractivity contribution is 7.09. The number of benzene rings is 1. The highest BCUT2D eigenvalue weighted by atomic mass is 35.5. The van der Waals surface area contributed by atoms with Crippen LogP contribution in [-0.4, -0.2) is 11.5 Å². The molecule has 1 atom stereocenters. The van der Waals surface area contributed by atoms with Crippen LogP contribution in [0.1, 0.15) is 35.7 Å². The van der Waals surface area contributed by atoms with E-state index < -0.39 is 0 Å². The summed E-state index contributed by atoms with van der Waals surface area (Å²) >= 11 is 7.79. The molecule has 0 spiro atoms. The van der Waals surface area contributed by atoms with Crippen molar-refractivity contribution in [2.45, 2.75) is 32.7 Å². The molecule has 0 aliphatic rings. The predicted octanol–water partition coefficient (Wildman–Crippen LogP) is 4.53. The standard InChI is InChI=1S/C15H18ClFN2S/c1-3-7-18-14(8-11-9-20-10(2)19-11)15-12(16)5-4-6-13(15)17/h4-6,9,14,18H,3,7-8H2,1-2H3. The molecule has 1 aromatic carbocycles. The Labute approximate surface area is 128 Å². The summed E-state index contributed by atoms with van der Waals surface area (Å²) in [6.07, 6.45) is 1.63. The van der Waals surface area contributed by atoms with Crippen LogP contribution in [0, 0.1) is 12.7 Å². The third-order valence-electron chi connectivity index (χ3n) is 3.07. The quantitative estimate of drug-likeness (QED) is 0.848. The molecule has 0 bridgehead atoms. The molecule has 2 aromatic rings. The van der Waals surface area contributed by atoms with Gasteiger partial charge in [-0.3, -0.25) is 0 Å². The molecule has 1 heterocycles. The fourth-order valence-corrected chi connectivity index (χ4v) is 3.07. The summed E-state index contributed by atoms with van der Waals surface area (Å²) in [5.74, 6) is -0.266. The highest BCUT2D eigenvalue weighted by Gasteiger charge is 2.19. The van der Waals surface area contributed by atoms with Crippen molar-refractivity contribution in [1.29, 1.82) is 0 Å². The number of hydrogen-bond acceptors (Lipinski definition) is 3. The number of thiazole rings is 1. The van der Waals surface area contributed by atoms with Crippen LogP contribution in [0.5, 0.6) is 0 Å². The predicted molar refractivity (Wildman–Crippen MR) is 83.0 cm³/mol. The average Bonchev–Trinajstić information content (AvgIpc) is 2.81. The van der Waals surface area contributed by atoms with E-state index >= 15 is 0 Å². The molecule has 0 fully saturated rings. The molecule has 0 amide bonds. The first-order valence-corrected chi connectivity index (χ1v) is 7.96. The van der Waals surface area contributed by atoms with E-state index in [9.17, 15) is 4.39 Å². The molecule has 0 saturated heterocycles. The van der Waals surface area contributed by atoms with E-state index in [4.69, 9.17) is 11.6 Å². The fraction of sp³-hybridized carbons (Fsp3) is 0.400. The summed E-state index contributed by atoms with van der Waals surface area (Å²) in [6, 6.07) is 4.66. The Hall–Kier alpha value is -0.970. The molecule has 108 valence electrons. The second-order valence-electron chi connectivity index (χ2n) is 4.70.